The molecule has 2 unspecified atom stereocenters. The smallest absolute Gasteiger partial charge is 0.451 e. The first-order chi connectivity index (χ1) is 6.32. The van der Waals surface area contributed by atoms with Crippen LogP contribution < -0.4 is 5.32 Å². The molecule has 1 rings (SSSR count). The van der Waals surface area contributed by atoms with E-state index in [2.05, 4.69) is 5.32 Å². The molecule has 1 saturated heterocycles. The van der Waals surface area contributed by atoms with Crippen LogP contribution in [0.15, 0.2) is 0 Å². The summed E-state index contributed by atoms with van der Waals surface area (Å²) in [7, 11) is 0. The van der Waals surface area contributed by atoms with Crippen LogP contribution in [0.2, 0.25) is 0 Å². The molecule has 2 atom stereocenters. The van der Waals surface area contributed by atoms with Crippen LogP contribution in [-0.2, 0) is 9.59 Å². The van der Waals surface area contributed by atoms with Crippen molar-refractivity contribution in [1.29, 1.82) is 0 Å². The van der Waals surface area contributed by atoms with Crippen LogP contribution in [0.4, 0.5) is 13.2 Å². The maximum absolute atomic E-state index is 11.9. The molecule has 1 aliphatic rings. The fraction of sp³-hybridized carbons (Fsp3) is 0.714. The molecule has 1 heterocycles. The van der Waals surface area contributed by atoms with Gasteiger partial charge in [0.1, 0.15) is 0 Å². The third kappa shape index (κ3) is 2.22. The highest BCUT2D eigenvalue weighted by Crippen LogP contribution is 2.24. The van der Waals surface area contributed by atoms with E-state index in [1.807, 2.05) is 0 Å². The molecule has 0 aromatic carbocycles. The van der Waals surface area contributed by atoms with Crippen LogP contribution in [0.5, 0.6) is 0 Å². The zero-order chi connectivity index (χ0) is 10.9. The van der Waals surface area contributed by atoms with E-state index < -0.39 is 29.9 Å². The van der Waals surface area contributed by atoms with Crippen LogP contribution in [0, 0.1) is 5.92 Å². The molecule has 0 saturated carbocycles. The summed E-state index contributed by atoms with van der Waals surface area (Å²) in [6.07, 6.45) is -5.20. The number of carboxylic acids is 1. The largest absolute Gasteiger partial charge is 0.481 e. The van der Waals surface area contributed by atoms with Crippen molar-refractivity contribution in [2.45, 2.75) is 18.6 Å². The molecule has 0 bridgehead atoms. The molecule has 0 radical (unpaired) electrons. The molecule has 7 heteroatoms. The van der Waals surface area contributed by atoms with E-state index >= 15 is 0 Å². The van der Waals surface area contributed by atoms with Gasteiger partial charge in [0.2, 0.25) is 0 Å². The summed E-state index contributed by atoms with van der Waals surface area (Å²) in [5, 5.41) is 10.7. The standard InChI is InChI=1S/C7H8F3NO3/c8-7(9,10)5(12)4-1-3(2-11-4)6(13)14/h3-4,11H,1-2H2,(H,13,14). The summed E-state index contributed by atoms with van der Waals surface area (Å²) in [6.45, 7) is -0.0954. The molecule has 0 aromatic rings. The molecular formula is C7H8F3NO3. The molecule has 0 spiro atoms. The summed E-state index contributed by atoms with van der Waals surface area (Å²) in [4.78, 5) is 21.0. The van der Waals surface area contributed by atoms with Gasteiger partial charge in [-0.25, -0.2) is 0 Å². The van der Waals surface area contributed by atoms with Crippen LogP contribution >= 0.6 is 0 Å². The number of ketones is 1. The van der Waals surface area contributed by atoms with Crippen molar-refractivity contribution < 1.29 is 27.9 Å². The fourth-order valence-corrected chi connectivity index (χ4v) is 1.32. The van der Waals surface area contributed by atoms with Crippen molar-refractivity contribution in [2.24, 2.45) is 5.92 Å². The maximum atomic E-state index is 11.9. The number of alkyl halides is 3. The van der Waals surface area contributed by atoms with Gasteiger partial charge < -0.3 is 10.4 Å². The third-order valence-corrected chi connectivity index (χ3v) is 2.08. The lowest BCUT2D eigenvalue weighted by molar-refractivity contribution is -0.173. The Hall–Kier alpha value is -1.11. The number of rotatable bonds is 2. The molecule has 1 aliphatic heterocycles. The van der Waals surface area contributed by atoms with E-state index in [9.17, 15) is 22.8 Å². The molecule has 4 nitrogen and oxygen atoms in total. The SMILES string of the molecule is O=C(O)C1CNC(C(=O)C(F)(F)F)C1. The number of nitrogens with one attached hydrogen (secondary N) is 1. The Labute approximate surface area is 77.1 Å². The van der Waals surface area contributed by atoms with E-state index in [-0.39, 0.29) is 13.0 Å². The number of carbonyl (C=O) groups is 2. The van der Waals surface area contributed by atoms with Gasteiger partial charge in [0.25, 0.3) is 5.78 Å². The monoisotopic (exact) mass is 211 g/mol. The van der Waals surface area contributed by atoms with Gasteiger partial charge in [-0.15, -0.1) is 0 Å². The number of carbonyl (C=O) groups excluding carboxylic acids is 1. The highest BCUT2D eigenvalue weighted by Gasteiger charge is 2.46. The number of aliphatic carboxylic acids is 1. The van der Waals surface area contributed by atoms with Gasteiger partial charge in [0.05, 0.1) is 12.0 Å². The molecule has 0 aliphatic carbocycles. The molecule has 0 amide bonds. The highest BCUT2D eigenvalue weighted by molar-refractivity contribution is 5.90. The number of hydrogen-bond acceptors (Lipinski definition) is 3. The topological polar surface area (TPSA) is 66.4 Å². The summed E-state index contributed by atoms with van der Waals surface area (Å²) >= 11 is 0. The zero-order valence-corrected chi connectivity index (χ0v) is 6.97. The number of halogens is 3. The van der Waals surface area contributed by atoms with Gasteiger partial charge in [-0.3, -0.25) is 9.59 Å². The molecule has 2 N–H and O–H groups in total. The Morgan fingerprint density at radius 2 is 1.93 bits per heavy atom. The minimum Gasteiger partial charge on any atom is -0.481 e. The minimum atomic E-state index is -4.90. The van der Waals surface area contributed by atoms with Gasteiger partial charge in [-0.2, -0.15) is 13.2 Å². The summed E-state index contributed by atoms with van der Waals surface area (Å²) in [5.74, 6) is -4.00. The van der Waals surface area contributed by atoms with Crippen LogP contribution in [-0.4, -0.2) is 35.6 Å². The van der Waals surface area contributed by atoms with Gasteiger partial charge in [-0.05, 0) is 6.42 Å². The first kappa shape index (κ1) is 11.0. The summed E-state index contributed by atoms with van der Waals surface area (Å²) in [6, 6.07) is -1.41. The van der Waals surface area contributed by atoms with Crippen molar-refractivity contribution in [3.05, 3.63) is 0 Å². The normalized spacial score (nSPS) is 27.6. The average molecular weight is 211 g/mol. The Morgan fingerprint density at radius 1 is 1.36 bits per heavy atom. The van der Waals surface area contributed by atoms with Crippen molar-refractivity contribution >= 4 is 11.8 Å². The van der Waals surface area contributed by atoms with E-state index in [1.54, 1.807) is 0 Å². The van der Waals surface area contributed by atoms with Crippen LogP contribution in [0.1, 0.15) is 6.42 Å². The van der Waals surface area contributed by atoms with E-state index in [0.29, 0.717) is 0 Å². The lowest BCUT2D eigenvalue weighted by atomic mass is 10.0. The Bertz CT molecular complexity index is 263. The van der Waals surface area contributed by atoms with Crippen molar-refractivity contribution in [3.63, 3.8) is 0 Å². The average Bonchev–Trinajstić information content (AvgIpc) is 2.48. The van der Waals surface area contributed by atoms with Gasteiger partial charge in [0.15, 0.2) is 0 Å². The molecule has 0 aromatic heterocycles. The summed E-state index contributed by atoms with van der Waals surface area (Å²) < 4.78 is 35.7. The minimum absolute atomic E-state index is 0.0954. The van der Waals surface area contributed by atoms with Crippen molar-refractivity contribution in [2.75, 3.05) is 6.54 Å². The second-order valence-electron chi connectivity index (χ2n) is 3.09. The number of hydrogen-bond donors (Lipinski definition) is 2. The molecule has 14 heavy (non-hydrogen) atoms. The first-order valence-electron chi connectivity index (χ1n) is 3.89. The quantitative estimate of drug-likeness (QED) is 0.683. The lowest BCUT2D eigenvalue weighted by Gasteiger charge is -2.10. The maximum Gasteiger partial charge on any atom is 0.451 e. The molecule has 80 valence electrons. The third-order valence-electron chi connectivity index (χ3n) is 2.08. The lowest BCUT2D eigenvalue weighted by Crippen LogP contribution is -2.40. The molecule has 1 fully saturated rings. The van der Waals surface area contributed by atoms with E-state index in [4.69, 9.17) is 5.11 Å². The fourth-order valence-electron chi connectivity index (χ4n) is 1.32. The first-order valence-corrected chi connectivity index (χ1v) is 3.89. The highest BCUT2D eigenvalue weighted by atomic mass is 19.4. The molecular weight excluding hydrogens is 203 g/mol. The van der Waals surface area contributed by atoms with Crippen LogP contribution in [0.3, 0.4) is 0 Å². The number of Topliss-reactive ketones (excluding diaryl/α,β-unsaturated/α-hetero) is 1. The van der Waals surface area contributed by atoms with Crippen molar-refractivity contribution in [3.8, 4) is 0 Å². The second kappa shape index (κ2) is 3.56. The second-order valence-corrected chi connectivity index (χ2v) is 3.09. The van der Waals surface area contributed by atoms with Gasteiger partial charge >= 0.3 is 12.1 Å². The summed E-state index contributed by atoms with van der Waals surface area (Å²) in [5.41, 5.74) is 0. The predicted molar refractivity (Wildman–Crippen MR) is 38.6 cm³/mol. The predicted octanol–water partition coefficient (Wildman–Crippen LogP) is 0.180. The van der Waals surface area contributed by atoms with Gasteiger partial charge in [0, 0.05) is 6.54 Å². The van der Waals surface area contributed by atoms with Crippen molar-refractivity contribution in [1.82, 2.24) is 5.32 Å². The Morgan fingerprint density at radius 3 is 2.29 bits per heavy atom. The number of carboxylic acid groups (broad SMARTS) is 1. The van der Waals surface area contributed by atoms with Gasteiger partial charge in [-0.1, -0.05) is 0 Å². The van der Waals surface area contributed by atoms with E-state index in [1.165, 1.54) is 0 Å². The van der Waals surface area contributed by atoms with Crippen LogP contribution in [0.25, 0.3) is 0 Å². The zero-order valence-electron chi connectivity index (χ0n) is 6.97. The Balaban J connectivity index is 2.59. The Kier molecular flexibility index (Phi) is 2.79. The van der Waals surface area contributed by atoms with E-state index in [0.717, 1.165) is 0 Å².